The Morgan fingerprint density at radius 3 is 2.57 bits per heavy atom. The van der Waals surface area contributed by atoms with E-state index in [1.165, 1.54) is 23.8 Å². The van der Waals surface area contributed by atoms with Crippen molar-refractivity contribution in [3.8, 4) is 5.75 Å². The molecule has 8 heteroatoms. The molecule has 0 spiro atoms. The second kappa shape index (κ2) is 13.6. The third-order valence-electron chi connectivity index (χ3n) is 5.76. The second-order valence-corrected chi connectivity index (χ2v) is 9.13. The van der Waals surface area contributed by atoms with E-state index in [0.717, 1.165) is 30.4 Å². The minimum Gasteiger partial charge on any atom is -0.508 e. The van der Waals surface area contributed by atoms with E-state index in [-0.39, 0.29) is 35.9 Å². The molecule has 0 saturated carbocycles. The fraction of sp³-hybridized carbons (Fsp3) is 0.333. The molecular formula is C27H31N3O4S. The molecule has 0 aromatic heterocycles. The minimum atomic E-state index is -0.246. The van der Waals surface area contributed by atoms with Gasteiger partial charge in [0.1, 0.15) is 12.3 Å². The van der Waals surface area contributed by atoms with Gasteiger partial charge < -0.3 is 10.4 Å². The molecule has 1 amide bonds. The number of thiol groups is 1. The molecule has 0 radical (unpaired) electrons. The van der Waals surface area contributed by atoms with Crippen LogP contribution in [0.2, 0.25) is 0 Å². The zero-order chi connectivity index (χ0) is 25.0. The number of phenolic OH excluding ortho intramolecular Hbond substituents is 1. The summed E-state index contributed by atoms with van der Waals surface area (Å²) < 4.78 is 0. The summed E-state index contributed by atoms with van der Waals surface area (Å²) in [4.78, 5) is 35.1. The van der Waals surface area contributed by atoms with E-state index in [9.17, 15) is 19.6 Å². The number of benzene rings is 2. The number of phenols is 1. The number of hydrogen-bond acceptors (Lipinski definition) is 7. The monoisotopic (exact) mass is 493 g/mol. The van der Waals surface area contributed by atoms with Gasteiger partial charge in [-0.3, -0.25) is 14.9 Å². The number of ketones is 1. The lowest BCUT2D eigenvalue weighted by Crippen LogP contribution is -2.31. The third-order valence-corrected chi connectivity index (χ3v) is 6.12. The first kappa shape index (κ1) is 26.4. The predicted octanol–water partition coefficient (Wildman–Crippen LogP) is 4.25. The van der Waals surface area contributed by atoms with Crippen LogP contribution in [0.4, 0.5) is 0 Å². The summed E-state index contributed by atoms with van der Waals surface area (Å²) >= 11 is 4.53. The Kier molecular flexibility index (Phi) is 10.3. The molecule has 1 atom stereocenters. The normalized spacial score (nSPS) is 13.7. The number of rotatable bonds is 13. The highest BCUT2D eigenvalue weighted by atomic mass is 32.1. The van der Waals surface area contributed by atoms with Gasteiger partial charge in [0.05, 0.1) is 18.3 Å². The fourth-order valence-corrected chi connectivity index (χ4v) is 4.11. The number of carbonyl (C=O) groups is 2. The van der Waals surface area contributed by atoms with Gasteiger partial charge in [0.25, 0.3) is 0 Å². The standard InChI is InChI=1S/C27H31N3O4S/c31-24-11-10-22(16-23(24)17-30-34)25(32)18-29-27(35)15-21-8-6-20(7-9-21)14-26(33)28-13-12-19-4-2-1-3-5-19/h2,4-11,16,27,29,31,35H,1,3,12-15,17-18H2,(H,28,33). The van der Waals surface area contributed by atoms with E-state index in [4.69, 9.17) is 0 Å². The van der Waals surface area contributed by atoms with Crippen LogP contribution in [0.15, 0.2) is 71.4 Å². The van der Waals surface area contributed by atoms with Gasteiger partial charge in [-0.15, -0.1) is 0 Å². The average molecular weight is 494 g/mol. The van der Waals surface area contributed by atoms with Crippen molar-refractivity contribution in [2.45, 2.75) is 44.0 Å². The highest BCUT2D eigenvalue weighted by Crippen LogP contribution is 2.20. The molecule has 2 aromatic rings. The highest BCUT2D eigenvalue weighted by molar-refractivity contribution is 7.80. The van der Waals surface area contributed by atoms with E-state index in [0.29, 0.717) is 30.5 Å². The van der Waals surface area contributed by atoms with Crippen molar-refractivity contribution in [3.05, 3.63) is 93.4 Å². The number of aromatic hydroxyl groups is 1. The van der Waals surface area contributed by atoms with Gasteiger partial charge in [-0.2, -0.15) is 17.5 Å². The predicted molar refractivity (Wildman–Crippen MR) is 141 cm³/mol. The Morgan fingerprint density at radius 2 is 1.86 bits per heavy atom. The minimum absolute atomic E-state index is 0.00621. The SMILES string of the molecule is O=NCc1cc(C(=O)CNC(S)Cc2ccc(CC(=O)NCCC3=CCCC=C3)cc2)ccc1O. The molecule has 35 heavy (non-hydrogen) atoms. The number of nitrogens with zero attached hydrogens (tertiary/aromatic N) is 1. The molecule has 2 aromatic carbocycles. The Hall–Kier alpha value is -3.23. The van der Waals surface area contributed by atoms with Crippen molar-refractivity contribution in [2.24, 2.45) is 5.18 Å². The Morgan fingerprint density at radius 1 is 1.09 bits per heavy atom. The van der Waals surface area contributed by atoms with E-state index >= 15 is 0 Å². The van der Waals surface area contributed by atoms with Crippen LogP contribution in [-0.4, -0.2) is 35.3 Å². The lowest BCUT2D eigenvalue weighted by molar-refractivity contribution is -0.120. The molecule has 1 aliphatic rings. The van der Waals surface area contributed by atoms with Gasteiger partial charge in [-0.05, 0) is 55.0 Å². The summed E-state index contributed by atoms with van der Waals surface area (Å²) in [6.07, 6.45) is 10.5. The number of nitrogens with one attached hydrogen (secondary N) is 2. The Bertz CT molecular complexity index is 1100. The van der Waals surface area contributed by atoms with Crippen molar-refractivity contribution in [2.75, 3.05) is 13.1 Å². The van der Waals surface area contributed by atoms with E-state index in [2.05, 4.69) is 46.7 Å². The number of Topliss-reactive ketones (excluding diaryl/α,β-unsaturated/α-hetero) is 1. The van der Waals surface area contributed by atoms with Crippen molar-refractivity contribution in [3.63, 3.8) is 0 Å². The quantitative estimate of drug-likeness (QED) is 0.144. The topological polar surface area (TPSA) is 108 Å². The van der Waals surface area contributed by atoms with Gasteiger partial charge in [0.15, 0.2) is 5.78 Å². The van der Waals surface area contributed by atoms with Gasteiger partial charge in [-0.25, -0.2) is 0 Å². The van der Waals surface area contributed by atoms with E-state index in [1.54, 1.807) is 0 Å². The molecule has 1 unspecified atom stereocenters. The Labute approximate surface area is 211 Å². The zero-order valence-electron chi connectivity index (χ0n) is 19.6. The Balaban J connectivity index is 1.40. The lowest BCUT2D eigenvalue weighted by atomic mass is 10.0. The van der Waals surface area contributed by atoms with Gasteiger partial charge in [-0.1, -0.05) is 53.2 Å². The van der Waals surface area contributed by atoms with Gasteiger partial charge in [0, 0.05) is 17.7 Å². The second-order valence-electron chi connectivity index (χ2n) is 8.51. The largest absolute Gasteiger partial charge is 0.508 e. The molecule has 3 N–H and O–H groups in total. The van der Waals surface area contributed by atoms with Crippen LogP contribution in [0, 0.1) is 4.91 Å². The average Bonchev–Trinajstić information content (AvgIpc) is 2.86. The van der Waals surface area contributed by atoms with Crippen LogP contribution >= 0.6 is 12.6 Å². The molecule has 0 aliphatic heterocycles. The molecule has 184 valence electrons. The van der Waals surface area contributed by atoms with Gasteiger partial charge in [0.2, 0.25) is 5.91 Å². The number of allylic oxidation sites excluding steroid dienone is 3. The molecule has 0 saturated heterocycles. The van der Waals surface area contributed by atoms with Gasteiger partial charge >= 0.3 is 0 Å². The molecule has 1 aliphatic carbocycles. The summed E-state index contributed by atoms with van der Waals surface area (Å²) in [6, 6.07) is 12.2. The number of nitroso groups, excluding NO2 is 1. The maximum absolute atomic E-state index is 12.5. The molecule has 0 heterocycles. The van der Waals surface area contributed by atoms with Crippen LogP contribution in [0.1, 0.15) is 46.3 Å². The third kappa shape index (κ3) is 8.81. The van der Waals surface area contributed by atoms with Crippen LogP contribution in [-0.2, 0) is 24.2 Å². The highest BCUT2D eigenvalue weighted by Gasteiger charge is 2.12. The first-order chi connectivity index (χ1) is 16.9. The molecule has 7 nitrogen and oxygen atoms in total. The van der Waals surface area contributed by atoms with E-state index < -0.39 is 0 Å². The summed E-state index contributed by atoms with van der Waals surface area (Å²) in [7, 11) is 0. The first-order valence-corrected chi connectivity index (χ1v) is 12.2. The van der Waals surface area contributed by atoms with Crippen LogP contribution in [0.5, 0.6) is 5.75 Å². The molecular weight excluding hydrogens is 462 g/mol. The van der Waals surface area contributed by atoms with Crippen molar-refractivity contribution in [1.82, 2.24) is 10.6 Å². The summed E-state index contributed by atoms with van der Waals surface area (Å²) in [6.45, 7) is 0.513. The van der Waals surface area contributed by atoms with Crippen LogP contribution < -0.4 is 10.6 Å². The summed E-state index contributed by atoms with van der Waals surface area (Å²) in [5, 5.41) is 18.3. The maximum atomic E-state index is 12.5. The number of carbonyl (C=O) groups excluding carboxylic acids is 2. The lowest BCUT2D eigenvalue weighted by Gasteiger charge is -2.13. The van der Waals surface area contributed by atoms with Crippen LogP contribution in [0.3, 0.4) is 0 Å². The van der Waals surface area contributed by atoms with E-state index in [1.807, 2.05) is 24.3 Å². The zero-order valence-corrected chi connectivity index (χ0v) is 20.5. The summed E-state index contributed by atoms with van der Waals surface area (Å²) in [5.41, 5.74) is 3.97. The van der Waals surface area contributed by atoms with Crippen molar-refractivity contribution in [1.29, 1.82) is 0 Å². The molecule has 0 fully saturated rings. The smallest absolute Gasteiger partial charge is 0.224 e. The molecule has 0 bridgehead atoms. The molecule has 3 rings (SSSR count). The number of hydrogen-bond donors (Lipinski definition) is 4. The summed E-state index contributed by atoms with van der Waals surface area (Å²) in [5.74, 6) is -0.225. The van der Waals surface area contributed by atoms with Crippen molar-refractivity contribution < 1.29 is 14.7 Å². The first-order valence-electron chi connectivity index (χ1n) is 11.7. The van der Waals surface area contributed by atoms with Crippen LogP contribution in [0.25, 0.3) is 0 Å². The number of amides is 1. The van der Waals surface area contributed by atoms with Crippen molar-refractivity contribution >= 4 is 24.3 Å². The maximum Gasteiger partial charge on any atom is 0.224 e. The fourth-order valence-electron chi connectivity index (χ4n) is 3.80.